The van der Waals surface area contributed by atoms with Gasteiger partial charge in [0.1, 0.15) is 5.76 Å². The molecular weight excluding hydrogens is 316 g/mol. The Morgan fingerprint density at radius 3 is 2.74 bits per heavy atom. The highest BCUT2D eigenvalue weighted by Crippen LogP contribution is 2.36. The highest BCUT2D eigenvalue weighted by Gasteiger charge is 2.46. The highest BCUT2D eigenvalue weighted by molar-refractivity contribution is 7.90. The second-order valence-corrected chi connectivity index (χ2v) is 9.26. The fourth-order valence-electron chi connectivity index (χ4n) is 3.56. The first-order valence-corrected chi connectivity index (χ1v) is 9.97. The topological polar surface area (TPSA) is 71.8 Å². The van der Waals surface area contributed by atoms with Gasteiger partial charge >= 0.3 is 0 Å². The Morgan fingerprint density at radius 1 is 1.30 bits per heavy atom. The van der Waals surface area contributed by atoms with E-state index < -0.39 is 10.0 Å². The summed E-state index contributed by atoms with van der Waals surface area (Å²) in [5.74, 6) is 1.29. The zero-order valence-corrected chi connectivity index (χ0v) is 14.1. The molecule has 1 unspecified atom stereocenters. The number of hydrogen-bond acceptors (Lipinski definition) is 5. The minimum Gasteiger partial charge on any atom is -0.468 e. The van der Waals surface area contributed by atoms with Crippen LogP contribution in [0.1, 0.15) is 31.4 Å². The van der Waals surface area contributed by atoms with Gasteiger partial charge in [0, 0.05) is 19.6 Å². The van der Waals surface area contributed by atoms with Gasteiger partial charge in [0.15, 0.2) is 0 Å². The van der Waals surface area contributed by atoms with Gasteiger partial charge < -0.3 is 9.15 Å². The van der Waals surface area contributed by atoms with Gasteiger partial charge in [-0.05, 0) is 43.7 Å². The SMILES string of the molecule is O=S(=O)(NCC1CCC2(CN(Cc3ccco3)C2)OC1)C1CC1. The van der Waals surface area contributed by atoms with Crippen LogP contribution in [0.25, 0.3) is 0 Å². The lowest BCUT2D eigenvalue weighted by molar-refractivity contribution is -0.181. The summed E-state index contributed by atoms with van der Waals surface area (Å²) in [7, 11) is -3.07. The van der Waals surface area contributed by atoms with Crippen LogP contribution in [-0.2, 0) is 21.3 Å². The normalized spacial score (nSPS) is 27.9. The molecule has 1 aromatic rings. The van der Waals surface area contributed by atoms with Crippen LogP contribution in [0.15, 0.2) is 22.8 Å². The third-order valence-corrected chi connectivity index (χ3v) is 7.07. The Labute approximate surface area is 137 Å². The first kappa shape index (κ1) is 15.6. The smallest absolute Gasteiger partial charge is 0.214 e. The molecule has 0 amide bonds. The van der Waals surface area contributed by atoms with E-state index in [9.17, 15) is 8.42 Å². The van der Waals surface area contributed by atoms with Crippen molar-refractivity contribution in [2.24, 2.45) is 5.92 Å². The van der Waals surface area contributed by atoms with Crippen LogP contribution in [0.2, 0.25) is 0 Å². The molecule has 0 bridgehead atoms. The summed E-state index contributed by atoms with van der Waals surface area (Å²) in [6.07, 6.45) is 5.37. The van der Waals surface area contributed by atoms with E-state index in [1.807, 2.05) is 12.1 Å². The maximum atomic E-state index is 11.9. The summed E-state index contributed by atoms with van der Waals surface area (Å²) in [5.41, 5.74) is -0.0154. The molecule has 1 aliphatic carbocycles. The lowest BCUT2D eigenvalue weighted by Crippen LogP contribution is -2.64. The van der Waals surface area contributed by atoms with Crippen molar-refractivity contribution in [3.8, 4) is 0 Å². The molecule has 1 atom stereocenters. The number of rotatable bonds is 6. The lowest BCUT2D eigenvalue weighted by Gasteiger charge is -2.52. The van der Waals surface area contributed by atoms with Crippen LogP contribution in [0.4, 0.5) is 0 Å². The molecule has 6 nitrogen and oxygen atoms in total. The molecule has 1 N–H and O–H groups in total. The lowest BCUT2D eigenvalue weighted by atomic mass is 9.83. The molecule has 3 aliphatic rings. The molecule has 4 rings (SSSR count). The maximum absolute atomic E-state index is 11.9. The van der Waals surface area contributed by atoms with Crippen molar-refractivity contribution >= 4 is 10.0 Å². The summed E-state index contributed by atoms with van der Waals surface area (Å²) in [4.78, 5) is 2.33. The third kappa shape index (κ3) is 3.47. The molecule has 2 aliphatic heterocycles. The van der Waals surface area contributed by atoms with Crippen molar-refractivity contribution in [3.05, 3.63) is 24.2 Å². The Hall–Kier alpha value is -0.890. The minimum absolute atomic E-state index is 0.0154. The Bertz CT molecular complexity index is 623. The van der Waals surface area contributed by atoms with Crippen LogP contribution in [0, 0.1) is 5.92 Å². The van der Waals surface area contributed by atoms with Gasteiger partial charge in [0.25, 0.3) is 0 Å². The average Bonchev–Trinajstić information content (AvgIpc) is 3.25. The highest BCUT2D eigenvalue weighted by atomic mass is 32.2. The molecule has 128 valence electrons. The van der Waals surface area contributed by atoms with E-state index >= 15 is 0 Å². The largest absolute Gasteiger partial charge is 0.468 e. The Kier molecular flexibility index (Phi) is 3.99. The third-order valence-electron chi connectivity index (χ3n) is 5.15. The second kappa shape index (κ2) is 5.88. The zero-order chi connectivity index (χ0) is 15.9. The van der Waals surface area contributed by atoms with Crippen LogP contribution < -0.4 is 4.72 Å². The summed E-state index contributed by atoms with van der Waals surface area (Å²) in [5, 5.41) is -0.139. The summed E-state index contributed by atoms with van der Waals surface area (Å²) in [6, 6.07) is 3.91. The van der Waals surface area contributed by atoms with E-state index in [-0.39, 0.29) is 10.9 Å². The molecule has 7 heteroatoms. The van der Waals surface area contributed by atoms with Crippen LogP contribution in [0.3, 0.4) is 0 Å². The maximum Gasteiger partial charge on any atom is 0.214 e. The summed E-state index contributed by atoms with van der Waals surface area (Å²) in [6.45, 7) is 3.89. The Balaban J connectivity index is 1.20. The van der Waals surface area contributed by atoms with Gasteiger partial charge in [0.05, 0.1) is 30.3 Å². The number of likely N-dealkylation sites (tertiary alicyclic amines) is 1. The number of ether oxygens (including phenoxy) is 1. The molecule has 3 heterocycles. The molecule has 2 saturated heterocycles. The van der Waals surface area contributed by atoms with Crippen molar-refractivity contribution in [3.63, 3.8) is 0 Å². The van der Waals surface area contributed by atoms with E-state index in [0.717, 1.165) is 51.1 Å². The number of nitrogens with one attached hydrogen (secondary N) is 1. The molecule has 1 aromatic heterocycles. The van der Waals surface area contributed by atoms with Crippen molar-refractivity contribution in [1.29, 1.82) is 0 Å². The van der Waals surface area contributed by atoms with E-state index in [4.69, 9.17) is 9.15 Å². The van der Waals surface area contributed by atoms with Crippen molar-refractivity contribution in [1.82, 2.24) is 9.62 Å². The van der Waals surface area contributed by atoms with Gasteiger partial charge in [-0.2, -0.15) is 0 Å². The molecule has 0 aromatic carbocycles. The standard InChI is InChI=1S/C16H24N2O4S/c19-23(20,15-3-4-15)17-8-13-5-6-16(22-10-13)11-18(12-16)9-14-2-1-7-21-14/h1-2,7,13,15,17H,3-6,8-12H2. The first-order chi connectivity index (χ1) is 11.0. The number of nitrogens with zero attached hydrogens (tertiary/aromatic N) is 1. The van der Waals surface area contributed by atoms with Gasteiger partial charge in [-0.1, -0.05) is 0 Å². The molecule has 23 heavy (non-hydrogen) atoms. The van der Waals surface area contributed by atoms with Gasteiger partial charge in [-0.15, -0.1) is 0 Å². The predicted octanol–water partition coefficient (Wildman–Crippen LogP) is 1.34. The van der Waals surface area contributed by atoms with E-state index in [1.165, 1.54) is 0 Å². The van der Waals surface area contributed by atoms with E-state index in [1.54, 1.807) is 6.26 Å². The number of furan rings is 1. The number of hydrogen-bond donors (Lipinski definition) is 1. The molecule has 1 spiro atoms. The molecule has 1 saturated carbocycles. The van der Waals surface area contributed by atoms with Crippen molar-refractivity contribution < 1.29 is 17.6 Å². The van der Waals surface area contributed by atoms with E-state index in [0.29, 0.717) is 19.1 Å². The van der Waals surface area contributed by atoms with Crippen LogP contribution in [0.5, 0.6) is 0 Å². The average molecular weight is 340 g/mol. The van der Waals surface area contributed by atoms with Crippen molar-refractivity contribution in [2.75, 3.05) is 26.2 Å². The number of sulfonamides is 1. The zero-order valence-electron chi connectivity index (χ0n) is 13.2. The van der Waals surface area contributed by atoms with Gasteiger partial charge in [-0.3, -0.25) is 4.90 Å². The fraction of sp³-hybridized carbons (Fsp3) is 0.750. The fourth-order valence-corrected chi connectivity index (χ4v) is 5.02. The van der Waals surface area contributed by atoms with Gasteiger partial charge in [0.2, 0.25) is 10.0 Å². The van der Waals surface area contributed by atoms with Crippen LogP contribution in [-0.4, -0.2) is 50.4 Å². The predicted molar refractivity (Wildman–Crippen MR) is 85.3 cm³/mol. The summed E-state index contributed by atoms with van der Waals surface area (Å²) >= 11 is 0. The Morgan fingerprint density at radius 2 is 2.13 bits per heavy atom. The molecule has 0 radical (unpaired) electrons. The minimum atomic E-state index is -3.07. The first-order valence-electron chi connectivity index (χ1n) is 8.42. The quantitative estimate of drug-likeness (QED) is 0.846. The van der Waals surface area contributed by atoms with E-state index in [2.05, 4.69) is 9.62 Å². The molecule has 3 fully saturated rings. The monoisotopic (exact) mass is 340 g/mol. The van der Waals surface area contributed by atoms with Crippen LogP contribution >= 0.6 is 0 Å². The van der Waals surface area contributed by atoms with Gasteiger partial charge in [-0.25, -0.2) is 13.1 Å². The second-order valence-electron chi connectivity index (χ2n) is 7.22. The summed E-state index contributed by atoms with van der Waals surface area (Å²) < 4.78 is 37.9. The van der Waals surface area contributed by atoms with Crippen molar-refractivity contribution in [2.45, 2.75) is 43.1 Å². The molecular formula is C16H24N2O4S.